The van der Waals surface area contributed by atoms with E-state index < -0.39 is 97.5 Å². The highest BCUT2D eigenvalue weighted by Crippen LogP contribution is 2.45. The topological polar surface area (TPSA) is 237 Å². The van der Waals surface area contributed by atoms with E-state index in [1.54, 1.807) is 0 Å². The number of phosphoric ester groups is 2. The van der Waals surface area contributed by atoms with Crippen LogP contribution in [0.3, 0.4) is 0 Å². The Balaban J connectivity index is 5.18. The van der Waals surface area contributed by atoms with Gasteiger partial charge in [-0.3, -0.25) is 37.3 Å². The van der Waals surface area contributed by atoms with Crippen molar-refractivity contribution < 1.29 is 80.2 Å². The van der Waals surface area contributed by atoms with Crippen molar-refractivity contribution in [1.82, 2.24) is 0 Å². The molecule has 0 heterocycles. The van der Waals surface area contributed by atoms with E-state index in [1.165, 1.54) is 103 Å². The SMILES string of the molecule is CCCCCCCCCCCCCCCCCC(=O)O[C@H](COC(=O)CCCCCCCCC(C)CC)COP(=O)(O)OC[C@@H](O)COP(=O)(O)OC[C@@H](COC(=O)CCCCCCC)OC(=O)CCCCCCCCC(C)CC. The summed E-state index contributed by atoms with van der Waals surface area (Å²) >= 11 is 0. The van der Waals surface area contributed by atoms with Crippen LogP contribution in [0, 0.1) is 11.8 Å². The highest BCUT2D eigenvalue weighted by molar-refractivity contribution is 7.47. The Morgan fingerprint density at radius 1 is 0.350 bits per heavy atom. The van der Waals surface area contributed by atoms with Gasteiger partial charge in [-0.25, -0.2) is 9.13 Å². The summed E-state index contributed by atoms with van der Waals surface area (Å²) in [4.78, 5) is 71.8. The number of phosphoric acid groups is 2. The molecule has 0 amide bonds. The van der Waals surface area contributed by atoms with Crippen molar-refractivity contribution in [1.29, 1.82) is 0 Å². The van der Waals surface area contributed by atoms with Crippen LogP contribution in [0.15, 0.2) is 0 Å². The third kappa shape index (κ3) is 52.8. The zero-order chi connectivity index (χ0) is 59.4. The molecule has 3 N–H and O–H groups in total. The predicted octanol–water partition coefficient (Wildman–Crippen LogP) is 16.5. The largest absolute Gasteiger partial charge is 0.472 e. The van der Waals surface area contributed by atoms with Crippen molar-refractivity contribution in [2.45, 2.75) is 317 Å². The number of rotatable bonds is 60. The van der Waals surface area contributed by atoms with Gasteiger partial charge in [0.25, 0.3) is 0 Å². The lowest BCUT2D eigenvalue weighted by atomic mass is 10.00. The van der Waals surface area contributed by atoms with E-state index in [-0.39, 0.29) is 25.7 Å². The third-order valence-electron chi connectivity index (χ3n) is 14.7. The molecule has 474 valence electrons. The summed E-state index contributed by atoms with van der Waals surface area (Å²) < 4.78 is 67.7. The van der Waals surface area contributed by atoms with Crippen molar-refractivity contribution in [2.75, 3.05) is 39.6 Å². The van der Waals surface area contributed by atoms with Crippen molar-refractivity contribution in [3.05, 3.63) is 0 Å². The van der Waals surface area contributed by atoms with Crippen LogP contribution in [0.2, 0.25) is 0 Å². The second kappa shape index (κ2) is 53.8. The number of hydrogen-bond acceptors (Lipinski definition) is 15. The van der Waals surface area contributed by atoms with Crippen LogP contribution in [0.1, 0.15) is 298 Å². The zero-order valence-electron chi connectivity index (χ0n) is 51.4. The van der Waals surface area contributed by atoms with Crippen LogP contribution in [0.4, 0.5) is 0 Å². The zero-order valence-corrected chi connectivity index (χ0v) is 53.2. The van der Waals surface area contributed by atoms with Crippen molar-refractivity contribution in [2.24, 2.45) is 11.8 Å². The van der Waals surface area contributed by atoms with E-state index in [0.29, 0.717) is 25.7 Å². The molecule has 0 fully saturated rings. The lowest BCUT2D eigenvalue weighted by Crippen LogP contribution is -2.30. The molecule has 0 aliphatic carbocycles. The van der Waals surface area contributed by atoms with Crippen molar-refractivity contribution >= 4 is 39.5 Å². The molecule has 80 heavy (non-hydrogen) atoms. The minimum absolute atomic E-state index is 0.102. The normalized spacial score (nSPS) is 15.1. The fraction of sp³-hybridized carbons (Fsp3) is 0.934. The smallest absolute Gasteiger partial charge is 0.462 e. The minimum atomic E-state index is -4.94. The van der Waals surface area contributed by atoms with E-state index in [1.807, 2.05) is 0 Å². The summed E-state index contributed by atoms with van der Waals surface area (Å²) in [5.74, 6) is -0.700. The van der Waals surface area contributed by atoms with Gasteiger partial charge in [-0.1, -0.05) is 247 Å². The van der Waals surface area contributed by atoms with Crippen LogP contribution in [-0.2, 0) is 65.4 Å². The van der Waals surface area contributed by atoms with Gasteiger partial charge in [0, 0.05) is 25.7 Å². The molecule has 0 aromatic carbocycles. The molecule has 0 radical (unpaired) electrons. The van der Waals surface area contributed by atoms with Crippen LogP contribution in [-0.4, -0.2) is 96.7 Å². The Hall–Kier alpha value is -1.94. The molecule has 0 aliphatic rings. The highest BCUT2D eigenvalue weighted by atomic mass is 31.2. The molecule has 0 aromatic heterocycles. The maximum Gasteiger partial charge on any atom is 0.472 e. The van der Waals surface area contributed by atoms with Gasteiger partial charge in [-0.15, -0.1) is 0 Å². The summed E-state index contributed by atoms with van der Waals surface area (Å²) in [6, 6.07) is 0. The van der Waals surface area contributed by atoms with Crippen LogP contribution in [0.25, 0.3) is 0 Å². The quantitative estimate of drug-likeness (QED) is 0.0222. The van der Waals surface area contributed by atoms with Gasteiger partial charge in [0.05, 0.1) is 26.4 Å². The monoisotopic (exact) mass is 1180 g/mol. The molecule has 4 unspecified atom stereocenters. The summed E-state index contributed by atoms with van der Waals surface area (Å²) in [5, 5.41) is 10.5. The highest BCUT2D eigenvalue weighted by Gasteiger charge is 2.30. The molecule has 0 saturated carbocycles. The average molecular weight is 1190 g/mol. The molecule has 0 spiro atoms. The predicted molar refractivity (Wildman–Crippen MR) is 317 cm³/mol. The lowest BCUT2D eigenvalue weighted by molar-refractivity contribution is -0.161. The molecule has 0 bridgehead atoms. The Labute approximate surface area is 486 Å². The Bertz CT molecular complexity index is 1590. The van der Waals surface area contributed by atoms with Gasteiger partial charge < -0.3 is 33.8 Å². The van der Waals surface area contributed by atoms with E-state index in [0.717, 1.165) is 115 Å². The second-order valence-electron chi connectivity index (χ2n) is 22.6. The van der Waals surface area contributed by atoms with Crippen molar-refractivity contribution in [3.63, 3.8) is 0 Å². The lowest BCUT2D eigenvalue weighted by Gasteiger charge is -2.21. The van der Waals surface area contributed by atoms with Crippen molar-refractivity contribution in [3.8, 4) is 0 Å². The summed E-state index contributed by atoms with van der Waals surface area (Å²) in [6.45, 7) is 9.30. The number of esters is 4. The summed E-state index contributed by atoms with van der Waals surface area (Å²) in [7, 11) is -9.87. The molecule has 19 heteroatoms. The number of aliphatic hydroxyl groups excluding tert-OH is 1. The fourth-order valence-electron chi connectivity index (χ4n) is 8.94. The van der Waals surface area contributed by atoms with Crippen LogP contribution >= 0.6 is 15.6 Å². The number of carbonyl (C=O) groups excluding carboxylic acids is 4. The Morgan fingerprint density at radius 3 is 0.887 bits per heavy atom. The van der Waals surface area contributed by atoms with E-state index >= 15 is 0 Å². The van der Waals surface area contributed by atoms with E-state index in [2.05, 4.69) is 41.5 Å². The molecular formula is C61H118O17P2. The standard InChI is InChI=1S/C61H118O17P2/c1-7-11-13-15-16-17-18-19-20-21-22-23-24-33-39-45-60(65)77-57(50-72-59(64)44-38-32-27-25-30-35-41-53(5)9-3)52-76-80(69,70)74-48-55(62)47-73-79(67,68)75-51-56(49-71-58(63)43-37-29-14-12-8-2)78-61(66)46-40-34-28-26-31-36-42-54(6)10-4/h53-57,62H,7-52H2,1-6H3,(H,67,68)(H,69,70)/t53?,54?,55-,56+,57+/m0/s1. The number of carbonyl (C=O) groups is 4. The molecule has 7 atom stereocenters. The number of aliphatic hydroxyl groups is 1. The van der Waals surface area contributed by atoms with Gasteiger partial charge >= 0.3 is 39.5 Å². The van der Waals surface area contributed by atoms with Gasteiger partial charge in [-0.05, 0) is 37.5 Å². The first kappa shape index (κ1) is 78.1. The number of unbranched alkanes of at least 4 members (excludes halogenated alkanes) is 28. The molecule has 0 saturated heterocycles. The molecule has 17 nitrogen and oxygen atoms in total. The molecule has 0 rings (SSSR count). The maximum atomic E-state index is 12.9. The molecular weight excluding hydrogens is 1070 g/mol. The molecule has 0 aliphatic heterocycles. The Kier molecular flexibility index (Phi) is 52.5. The average Bonchev–Trinajstić information content (AvgIpc) is 3.43. The third-order valence-corrected chi connectivity index (χ3v) is 16.6. The summed E-state index contributed by atoms with van der Waals surface area (Å²) in [6.07, 6.45) is 35.2. The first-order valence-corrected chi connectivity index (χ1v) is 35.1. The fourth-order valence-corrected chi connectivity index (χ4v) is 10.5. The van der Waals surface area contributed by atoms with E-state index in [9.17, 15) is 43.2 Å². The van der Waals surface area contributed by atoms with Crippen LogP contribution < -0.4 is 0 Å². The van der Waals surface area contributed by atoms with Gasteiger partial charge in [0.2, 0.25) is 0 Å². The second-order valence-corrected chi connectivity index (χ2v) is 25.5. The molecule has 0 aromatic rings. The minimum Gasteiger partial charge on any atom is -0.462 e. The number of ether oxygens (including phenoxy) is 4. The van der Waals surface area contributed by atoms with Crippen LogP contribution in [0.5, 0.6) is 0 Å². The Morgan fingerprint density at radius 2 is 0.600 bits per heavy atom. The van der Waals surface area contributed by atoms with Gasteiger partial charge in [0.1, 0.15) is 19.3 Å². The maximum absolute atomic E-state index is 12.9. The first-order chi connectivity index (χ1) is 38.4. The first-order valence-electron chi connectivity index (χ1n) is 32.1. The van der Waals surface area contributed by atoms with Gasteiger partial charge in [0.15, 0.2) is 12.2 Å². The van der Waals surface area contributed by atoms with Gasteiger partial charge in [-0.2, -0.15) is 0 Å². The number of hydrogen-bond donors (Lipinski definition) is 3. The van der Waals surface area contributed by atoms with E-state index in [4.69, 9.17) is 37.0 Å². The summed E-state index contributed by atoms with van der Waals surface area (Å²) in [5.41, 5.74) is 0.